The Balaban J connectivity index is 0.000000284. The van der Waals surface area contributed by atoms with Crippen molar-refractivity contribution in [3.8, 4) is 0 Å². The van der Waals surface area contributed by atoms with Gasteiger partial charge in [-0.1, -0.05) is 27.7 Å². The van der Waals surface area contributed by atoms with Gasteiger partial charge in [-0.2, -0.15) is 0 Å². The summed E-state index contributed by atoms with van der Waals surface area (Å²) >= 11 is -0.806. The molecule has 19 heavy (non-hydrogen) atoms. The maximum atomic E-state index is 4.93. The van der Waals surface area contributed by atoms with E-state index in [0.717, 1.165) is 0 Å². The number of hydrogen-bond acceptors (Lipinski definition) is 0. The van der Waals surface area contributed by atoms with Crippen molar-refractivity contribution >= 4 is 18.8 Å². The summed E-state index contributed by atoms with van der Waals surface area (Å²) in [6, 6.07) is 0. The van der Waals surface area contributed by atoms with Crippen molar-refractivity contribution in [3.63, 3.8) is 0 Å². The van der Waals surface area contributed by atoms with E-state index in [4.69, 9.17) is 18.8 Å². The summed E-state index contributed by atoms with van der Waals surface area (Å²) in [5, 5.41) is 0. The Morgan fingerprint density at radius 1 is 0.684 bits per heavy atom. The van der Waals surface area contributed by atoms with Gasteiger partial charge in [-0.15, -0.1) is 0 Å². The summed E-state index contributed by atoms with van der Waals surface area (Å²) in [7, 11) is 9.86. The van der Waals surface area contributed by atoms with Crippen LogP contribution in [0.25, 0.3) is 0 Å². The van der Waals surface area contributed by atoms with Crippen LogP contribution < -0.4 is 0 Å². The molecule has 0 heterocycles. The van der Waals surface area contributed by atoms with E-state index in [1.807, 2.05) is 0 Å². The zero-order chi connectivity index (χ0) is 14.7. The van der Waals surface area contributed by atoms with Gasteiger partial charge in [0.05, 0.1) is 0 Å². The van der Waals surface area contributed by atoms with Crippen molar-refractivity contribution in [2.75, 3.05) is 0 Å². The maximum absolute atomic E-state index is 4.93. The molecule has 0 amide bonds. The van der Waals surface area contributed by atoms with Crippen molar-refractivity contribution in [2.45, 2.75) is 27.7 Å². The van der Waals surface area contributed by atoms with Crippen LogP contribution in [-0.4, -0.2) is 0 Å². The molecule has 0 aromatic rings. The van der Waals surface area contributed by atoms with E-state index in [2.05, 4.69) is 79.1 Å². The van der Waals surface area contributed by atoms with Crippen LogP contribution in [0.1, 0.15) is 27.7 Å². The molecule has 0 aromatic carbocycles. The molecule has 0 nitrogen and oxygen atoms in total. The van der Waals surface area contributed by atoms with Gasteiger partial charge in [0.2, 0.25) is 0 Å². The van der Waals surface area contributed by atoms with Crippen molar-refractivity contribution in [1.29, 1.82) is 0 Å². The fourth-order valence-corrected chi connectivity index (χ4v) is 1.55. The summed E-state index contributed by atoms with van der Waals surface area (Å²) in [5.41, 5.74) is 0. The van der Waals surface area contributed by atoms with Gasteiger partial charge in [0, 0.05) is 0 Å². The molecule has 0 aromatic heterocycles. The number of rotatable bonds is 2. The molecule has 10 radical (unpaired) electrons. The average Bonchev–Trinajstić information content (AvgIpc) is 3.05. The third-order valence-corrected chi connectivity index (χ3v) is 2.71. The average molecular weight is 469 g/mol. The molecule has 2 fully saturated rings. The van der Waals surface area contributed by atoms with Crippen LogP contribution >= 0.6 is 18.8 Å². The predicted molar refractivity (Wildman–Crippen MR) is 82.3 cm³/mol. The summed E-state index contributed by atoms with van der Waals surface area (Å²) in [6.07, 6.45) is 16.9. The summed E-state index contributed by atoms with van der Waals surface area (Å²) in [5.74, 6) is 4.24. The molecule has 0 saturated heterocycles. The SMILES string of the molecule is CC(C)[C]1[CH][CH][CH][CH]1.CC(C)[C]1[CH][CH][CH][CH]1.[Cl][W][Cl]. The van der Waals surface area contributed by atoms with E-state index in [-0.39, 0.29) is 0 Å². The first kappa shape index (κ1) is 20.3. The molecule has 0 aliphatic heterocycles. The van der Waals surface area contributed by atoms with Gasteiger partial charge in [0.25, 0.3) is 0 Å². The van der Waals surface area contributed by atoms with Gasteiger partial charge in [0.1, 0.15) is 0 Å². The van der Waals surface area contributed by atoms with Crippen LogP contribution in [0.5, 0.6) is 0 Å². The molecular formula is C16H22Cl2W. The predicted octanol–water partition coefficient (Wildman–Crippen LogP) is 5.47. The molecule has 0 atom stereocenters. The van der Waals surface area contributed by atoms with Gasteiger partial charge in [0.15, 0.2) is 0 Å². The molecule has 0 spiro atoms. The summed E-state index contributed by atoms with van der Waals surface area (Å²) < 4.78 is 0. The van der Waals surface area contributed by atoms with Crippen LogP contribution in [0.4, 0.5) is 0 Å². The molecule has 0 unspecified atom stereocenters. The van der Waals surface area contributed by atoms with Crippen molar-refractivity contribution in [1.82, 2.24) is 0 Å². The molecule has 2 aliphatic rings. The Kier molecular flexibility index (Phi) is 13.8. The third kappa shape index (κ3) is 10.6. The molecule has 2 saturated carbocycles. The second kappa shape index (κ2) is 13.0. The molecule has 0 N–H and O–H groups in total. The Hall–Kier alpha value is 1.27. The second-order valence-corrected chi connectivity index (χ2v) is 9.04. The molecule has 0 bridgehead atoms. The Labute approximate surface area is 137 Å². The fourth-order valence-electron chi connectivity index (χ4n) is 1.55. The van der Waals surface area contributed by atoms with E-state index in [1.54, 1.807) is 0 Å². The van der Waals surface area contributed by atoms with Crippen LogP contribution in [0, 0.1) is 75.0 Å². The van der Waals surface area contributed by atoms with Crippen molar-refractivity contribution in [2.24, 2.45) is 11.8 Å². The quantitative estimate of drug-likeness (QED) is 0.504. The minimum atomic E-state index is -0.806. The van der Waals surface area contributed by atoms with E-state index in [0.29, 0.717) is 11.8 Å². The number of hydrogen-bond donors (Lipinski definition) is 0. The van der Waals surface area contributed by atoms with Gasteiger partial charge in [-0.3, -0.25) is 0 Å². The zero-order valence-electron chi connectivity index (χ0n) is 11.9. The van der Waals surface area contributed by atoms with E-state index in [1.165, 1.54) is 11.8 Å². The molecule has 106 valence electrons. The first-order valence-corrected chi connectivity index (χ1v) is 13.6. The third-order valence-electron chi connectivity index (χ3n) is 2.71. The summed E-state index contributed by atoms with van der Waals surface area (Å²) in [6.45, 7) is 8.81. The van der Waals surface area contributed by atoms with Crippen LogP contribution in [0.3, 0.4) is 0 Å². The number of halogens is 2. The van der Waals surface area contributed by atoms with Gasteiger partial charge in [-0.05, 0) is 75.0 Å². The van der Waals surface area contributed by atoms with Gasteiger partial charge >= 0.3 is 35.3 Å². The molecular weight excluding hydrogens is 447 g/mol. The Morgan fingerprint density at radius 2 is 0.895 bits per heavy atom. The molecule has 2 rings (SSSR count). The Morgan fingerprint density at radius 3 is 1.00 bits per heavy atom. The van der Waals surface area contributed by atoms with Gasteiger partial charge < -0.3 is 0 Å². The summed E-state index contributed by atoms with van der Waals surface area (Å²) in [4.78, 5) is 0. The van der Waals surface area contributed by atoms with Gasteiger partial charge in [-0.25, -0.2) is 0 Å². The first-order chi connectivity index (χ1) is 9.02. The monoisotopic (exact) mass is 468 g/mol. The van der Waals surface area contributed by atoms with E-state index >= 15 is 0 Å². The molecule has 2 aliphatic carbocycles. The second-order valence-electron chi connectivity index (χ2n) is 4.80. The first-order valence-electron chi connectivity index (χ1n) is 6.35. The topological polar surface area (TPSA) is 0 Å². The molecule has 3 heteroatoms. The zero-order valence-corrected chi connectivity index (χ0v) is 16.4. The fraction of sp³-hybridized carbons (Fsp3) is 0.375. The minimum absolute atomic E-state index is 0.685. The van der Waals surface area contributed by atoms with Crippen LogP contribution in [0.2, 0.25) is 0 Å². The van der Waals surface area contributed by atoms with E-state index < -0.39 is 16.5 Å². The van der Waals surface area contributed by atoms with Crippen molar-refractivity contribution < 1.29 is 16.5 Å². The van der Waals surface area contributed by atoms with E-state index in [9.17, 15) is 0 Å². The normalized spacial score (nSPS) is 20.2. The standard InChI is InChI=1S/2C8H11.2ClH.W/c2*1-7(2)8-5-3-4-6-8;;;/h2*3-7H,1-2H3;2*1H;/q;;;;+2/p-2. The Bertz CT molecular complexity index is 163. The van der Waals surface area contributed by atoms with Crippen LogP contribution in [-0.2, 0) is 16.5 Å². The van der Waals surface area contributed by atoms with Crippen LogP contribution in [0.15, 0.2) is 0 Å². The van der Waals surface area contributed by atoms with Crippen molar-refractivity contribution in [3.05, 3.63) is 63.2 Å².